The number of phenolic OH excluding ortho intramolecular Hbond substituents is 1. The molecule has 1 heterocycles. The normalized spacial score (nSPS) is 17.3. The predicted molar refractivity (Wildman–Crippen MR) is 125 cm³/mol. The Morgan fingerprint density at radius 1 is 1.03 bits per heavy atom. The second kappa shape index (κ2) is 7.56. The molecule has 1 aliphatic heterocycles. The van der Waals surface area contributed by atoms with Crippen molar-refractivity contribution in [3.63, 3.8) is 0 Å². The Balaban J connectivity index is 1.97. The summed E-state index contributed by atoms with van der Waals surface area (Å²) in [5.41, 5.74) is 18.9. The van der Waals surface area contributed by atoms with Crippen LogP contribution in [0.15, 0.2) is 59.6 Å². The minimum atomic E-state index is -0.886. The molecule has 1 atom stereocenters. The second-order valence-electron chi connectivity index (χ2n) is 8.29. The number of hydrogen-bond acceptors (Lipinski definition) is 5. The molecule has 0 aromatic heterocycles. The van der Waals surface area contributed by atoms with Crippen LogP contribution in [0.2, 0.25) is 0 Å². The monoisotopic (exact) mass is 414 g/mol. The molecule has 0 bridgehead atoms. The Bertz CT molecular complexity index is 1200. The van der Waals surface area contributed by atoms with E-state index in [-0.39, 0.29) is 11.7 Å². The minimum Gasteiger partial charge on any atom is -0.508 e. The summed E-state index contributed by atoms with van der Waals surface area (Å²) >= 11 is 0. The van der Waals surface area contributed by atoms with E-state index >= 15 is 0 Å². The lowest BCUT2D eigenvalue weighted by Gasteiger charge is -2.35. The van der Waals surface area contributed by atoms with E-state index in [9.17, 15) is 9.90 Å². The van der Waals surface area contributed by atoms with Crippen LogP contribution in [-0.2, 0) is 0 Å². The highest BCUT2D eigenvalue weighted by Gasteiger charge is 2.31. The van der Waals surface area contributed by atoms with E-state index in [2.05, 4.69) is 10.3 Å². The van der Waals surface area contributed by atoms with Gasteiger partial charge in [0.15, 0.2) is 5.79 Å². The number of aryl methyl sites for hydroxylation is 1. The first-order chi connectivity index (χ1) is 14.7. The molecule has 1 amide bonds. The molecule has 3 aromatic rings. The molecule has 0 radical (unpaired) electrons. The van der Waals surface area contributed by atoms with Crippen molar-refractivity contribution in [3.05, 3.63) is 71.3 Å². The number of primary amides is 1. The van der Waals surface area contributed by atoms with Gasteiger partial charge in [0.2, 0.25) is 5.91 Å². The zero-order valence-corrected chi connectivity index (χ0v) is 17.8. The lowest BCUT2D eigenvalue weighted by Crippen LogP contribution is -2.52. The molecule has 158 valence electrons. The van der Waals surface area contributed by atoms with Crippen molar-refractivity contribution in [2.45, 2.75) is 26.6 Å². The fourth-order valence-corrected chi connectivity index (χ4v) is 3.72. The summed E-state index contributed by atoms with van der Waals surface area (Å²) < 4.78 is 0. The number of rotatable bonds is 4. The Labute approximate surface area is 181 Å². The fraction of sp³-hybridized carbons (Fsp3) is 0.200. The van der Waals surface area contributed by atoms with Crippen LogP contribution in [0.25, 0.3) is 22.3 Å². The molecule has 6 N–H and O–H groups in total. The van der Waals surface area contributed by atoms with Crippen molar-refractivity contribution in [2.24, 2.45) is 22.4 Å². The summed E-state index contributed by atoms with van der Waals surface area (Å²) in [4.78, 5) is 16.4. The van der Waals surface area contributed by atoms with Crippen LogP contribution in [0.1, 0.15) is 35.3 Å². The van der Waals surface area contributed by atoms with Gasteiger partial charge in [0.05, 0.1) is 0 Å². The zero-order valence-electron chi connectivity index (χ0n) is 17.8. The highest BCUT2D eigenvalue weighted by atomic mass is 16.3. The van der Waals surface area contributed by atoms with Crippen LogP contribution in [0.3, 0.4) is 0 Å². The summed E-state index contributed by atoms with van der Waals surface area (Å²) in [5.74, 6) is -1.08. The van der Waals surface area contributed by atoms with Crippen molar-refractivity contribution >= 4 is 17.8 Å². The van der Waals surface area contributed by atoms with Crippen LogP contribution in [0, 0.1) is 12.8 Å². The number of benzene rings is 3. The number of hydrogen-bond donors (Lipinski definition) is 4. The third kappa shape index (κ3) is 3.78. The van der Waals surface area contributed by atoms with Crippen molar-refractivity contribution in [1.82, 2.24) is 0 Å². The maximum absolute atomic E-state index is 11.8. The Morgan fingerprint density at radius 2 is 1.74 bits per heavy atom. The van der Waals surface area contributed by atoms with Gasteiger partial charge in [-0.1, -0.05) is 32.0 Å². The minimum absolute atomic E-state index is 0.0863. The van der Waals surface area contributed by atoms with Gasteiger partial charge < -0.3 is 16.2 Å². The Morgan fingerprint density at radius 3 is 2.39 bits per heavy atom. The first-order valence-corrected chi connectivity index (χ1v) is 10.2. The first-order valence-electron chi connectivity index (χ1n) is 10.2. The van der Waals surface area contributed by atoms with Crippen LogP contribution >= 0.6 is 0 Å². The van der Waals surface area contributed by atoms with Gasteiger partial charge in [-0.15, -0.1) is 0 Å². The molecule has 31 heavy (non-hydrogen) atoms. The smallest absolute Gasteiger partial charge is 0.248 e. The van der Waals surface area contributed by atoms with E-state index < -0.39 is 11.7 Å². The van der Waals surface area contributed by atoms with Gasteiger partial charge in [-0.3, -0.25) is 10.5 Å². The molecular weight excluding hydrogens is 388 g/mol. The van der Waals surface area contributed by atoms with Crippen molar-refractivity contribution in [2.75, 3.05) is 5.32 Å². The van der Waals surface area contributed by atoms with Gasteiger partial charge in [0.25, 0.3) is 0 Å². The number of aromatic hydroxyl groups is 1. The molecule has 1 aliphatic rings. The van der Waals surface area contributed by atoms with Crippen LogP contribution in [0.5, 0.6) is 5.75 Å². The lowest BCUT2D eigenvalue weighted by atomic mass is 9.88. The lowest BCUT2D eigenvalue weighted by molar-refractivity contribution is 0.100. The number of anilines is 1. The standard InChI is InChI=1S/C25H26N4O2/c1-14(2)25(27)28-13-18-11-22(20-10-17(24(26)31)5-4-15(20)3)21(12-23(18)29-25)16-6-8-19(30)9-7-16/h4-14,29-30H,27H2,1-3H3,(H2,26,31). The topological polar surface area (TPSA) is 114 Å². The molecule has 3 aromatic carbocycles. The Hall–Kier alpha value is -3.64. The van der Waals surface area contributed by atoms with E-state index in [1.54, 1.807) is 24.4 Å². The number of amides is 1. The predicted octanol–water partition coefficient (Wildman–Crippen LogP) is 4.25. The number of carbonyl (C=O) groups is 1. The highest BCUT2D eigenvalue weighted by molar-refractivity contribution is 5.99. The summed E-state index contributed by atoms with van der Waals surface area (Å²) in [6.07, 6.45) is 1.79. The molecule has 0 spiro atoms. The number of nitrogens with one attached hydrogen (secondary N) is 1. The van der Waals surface area contributed by atoms with E-state index in [4.69, 9.17) is 11.5 Å². The average molecular weight is 415 g/mol. The van der Waals surface area contributed by atoms with Crippen molar-refractivity contribution in [3.8, 4) is 28.0 Å². The molecule has 0 saturated carbocycles. The molecule has 0 saturated heterocycles. The number of nitrogens with two attached hydrogens (primary N) is 2. The fourth-order valence-electron chi connectivity index (χ4n) is 3.72. The molecular formula is C25H26N4O2. The van der Waals surface area contributed by atoms with E-state index in [1.165, 1.54) is 0 Å². The summed E-state index contributed by atoms with van der Waals surface area (Å²) in [6.45, 7) is 6.03. The number of carbonyl (C=O) groups excluding carboxylic acids is 1. The molecule has 6 heteroatoms. The number of fused-ring (bicyclic) bond motifs is 1. The number of phenols is 1. The third-order valence-corrected chi connectivity index (χ3v) is 5.81. The van der Waals surface area contributed by atoms with Crippen LogP contribution < -0.4 is 16.8 Å². The molecule has 4 rings (SSSR count). The average Bonchev–Trinajstić information content (AvgIpc) is 2.73. The van der Waals surface area contributed by atoms with E-state index in [1.807, 2.05) is 57.2 Å². The third-order valence-electron chi connectivity index (χ3n) is 5.81. The molecule has 0 aliphatic carbocycles. The number of nitrogens with zero attached hydrogens (tertiary/aromatic N) is 1. The van der Waals surface area contributed by atoms with Crippen molar-refractivity contribution in [1.29, 1.82) is 0 Å². The van der Waals surface area contributed by atoms with Crippen molar-refractivity contribution < 1.29 is 9.90 Å². The van der Waals surface area contributed by atoms with Gasteiger partial charge in [-0.2, -0.15) is 0 Å². The number of aliphatic imine (C=N–C) groups is 1. The highest BCUT2D eigenvalue weighted by Crippen LogP contribution is 2.40. The molecule has 6 nitrogen and oxygen atoms in total. The van der Waals surface area contributed by atoms with Gasteiger partial charge in [-0.05, 0) is 71.1 Å². The molecule has 0 fully saturated rings. The van der Waals surface area contributed by atoms with Gasteiger partial charge >= 0.3 is 0 Å². The summed E-state index contributed by atoms with van der Waals surface area (Å²) in [5, 5.41) is 13.1. The maximum atomic E-state index is 11.8. The largest absolute Gasteiger partial charge is 0.508 e. The van der Waals surface area contributed by atoms with Crippen LogP contribution in [-0.4, -0.2) is 23.0 Å². The quantitative estimate of drug-likeness (QED) is 0.511. The Kier molecular flexibility index (Phi) is 5.03. The SMILES string of the molecule is Cc1ccc(C(N)=O)cc1-c1cc2c(cc1-c1ccc(O)cc1)NC(N)(C(C)C)N=C2. The zero-order chi connectivity index (χ0) is 22.3. The molecule has 1 unspecified atom stereocenters. The summed E-state index contributed by atoms with van der Waals surface area (Å²) in [6, 6.07) is 16.6. The maximum Gasteiger partial charge on any atom is 0.248 e. The second-order valence-corrected chi connectivity index (χ2v) is 8.29. The van der Waals surface area contributed by atoms with Gasteiger partial charge in [0.1, 0.15) is 5.75 Å². The van der Waals surface area contributed by atoms with E-state index in [0.29, 0.717) is 5.56 Å². The van der Waals surface area contributed by atoms with E-state index in [0.717, 1.165) is 39.1 Å². The summed E-state index contributed by atoms with van der Waals surface area (Å²) in [7, 11) is 0. The van der Waals surface area contributed by atoms with Gasteiger partial charge in [0, 0.05) is 28.9 Å². The first kappa shape index (κ1) is 20.6. The van der Waals surface area contributed by atoms with Gasteiger partial charge in [-0.25, -0.2) is 4.99 Å². The van der Waals surface area contributed by atoms with Crippen LogP contribution in [0.4, 0.5) is 5.69 Å².